The fraction of sp³-hybridized carbons (Fsp3) is 0.500. The summed E-state index contributed by atoms with van der Waals surface area (Å²) < 4.78 is 5.16. The lowest BCUT2D eigenvalue weighted by molar-refractivity contribution is -0.138. The number of primary amides is 1. The van der Waals surface area contributed by atoms with Crippen molar-refractivity contribution in [1.29, 1.82) is 0 Å². The van der Waals surface area contributed by atoms with E-state index in [1.807, 2.05) is 51.1 Å². The number of amides is 3. The number of alkyl carbamates (subject to hydrolysis) is 1. The first-order valence-corrected chi connectivity index (χ1v) is 9.35. The molecule has 3 amide bonds. The smallest absolute Gasteiger partial charge is 0.408 e. The van der Waals surface area contributed by atoms with Crippen molar-refractivity contribution in [3.05, 3.63) is 35.9 Å². The molecule has 0 aliphatic carbocycles. The van der Waals surface area contributed by atoms with E-state index < -0.39 is 35.8 Å². The largest absolute Gasteiger partial charge is 0.445 e. The second-order valence-electron chi connectivity index (χ2n) is 6.97. The summed E-state index contributed by atoms with van der Waals surface area (Å²) in [4.78, 5) is 47.8. The van der Waals surface area contributed by atoms with Crippen LogP contribution >= 0.6 is 0 Å². The van der Waals surface area contributed by atoms with Crippen molar-refractivity contribution in [3.8, 4) is 0 Å². The first-order valence-electron chi connectivity index (χ1n) is 9.35. The van der Waals surface area contributed by atoms with Crippen LogP contribution < -0.4 is 16.4 Å². The fourth-order valence-corrected chi connectivity index (χ4v) is 2.61. The van der Waals surface area contributed by atoms with Gasteiger partial charge in [0, 0.05) is 0 Å². The van der Waals surface area contributed by atoms with Crippen molar-refractivity contribution >= 4 is 23.7 Å². The second-order valence-corrected chi connectivity index (χ2v) is 6.97. The number of carbonyl (C=O) groups excluding carboxylic acids is 4. The molecule has 0 saturated carbocycles. The molecule has 1 aromatic rings. The highest BCUT2D eigenvalue weighted by molar-refractivity contribution is 6.37. The van der Waals surface area contributed by atoms with E-state index in [1.54, 1.807) is 0 Å². The Bertz CT molecular complexity index is 676. The third-order valence-electron chi connectivity index (χ3n) is 3.98. The summed E-state index contributed by atoms with van der Waals surface area (Å²) in [5, 5.41) is 5.06. The van der Waals surface area contributed by atoms with E-state index in [-0.39, 0.29) is 18.9 Å². The van der Waals surface area contributed by atoms with Gasteiger partial charge in [-0.05, 0) is 24.3 Å². The van der Waals surface area contributed by atoms with Gasteiger partial charge in [-0.1, -0.05) is 57.5 Å². The number of carbonyl (C=O) groups is 4. The quantitative estimate of drug-likeness (QED) is 0.494. The van der Waals surface area contributed by atoms with Gasteiger partial charge in [-0.25, -0.2) is 4.79 Å². The van der Waals surface area contributed by atoms with Gasteiger partial charge in [0.2, 0.25) is 11.7 Å². The van der Waals surface area contributed by atoms with Crippen LogP contribution in [0.15, 0.2) is 30.3 Å². The van der Waals surface area contributed by atoms with Crippen molar-refractivity contribution in [2.45, 2.75) is 58.7 Å². The number of Topliss-reactive ketones (excluding diaryl/α,β-unsaturated/α-hetero) is 1. The van der Waals surface area contributed by atoms with Crippen LogP contribution in [0, 0.1) is 5.92 Å². The molecule has 0 aromatic heterocycles. The molecule has 0 heterocycles. The topological polar surface area (TPSA) is 128 Å². The van der Waals surface area contributed by atoms with Gasteiger partial charge in [-0.2, -0.15) is 0 Å². The zero-order chi connectivity index (χ0) is 21.1. The summed E-state index contributed by atoms with van der Waals surface area (Å²) >= 11 is 0. The van der Waals surface area contributed by atoms with Gasteiger partial charge in [0.1, 0.15) is 12.6 Å². The minimum absolute atomic E-state index is 0.0707. The lowest BCUT2D eigenvalue weighted by atomic mass is 10.0. The second kappa shape index (κ2) is 11.7. The highest BCUT2D eigenvalue weighted by Crippen LogP contribution is 2.08. The number of ketones is 1. The predicted octanol–water partition coefficient (Wildman–Crippen LogP) is 1.67. The van der Waals surface area contributed by atoms with E-state index in [0.29, 0.717) is 12.8 Å². The van der Waals surface area contributed by atoms with Gasteiger partial charge in [0.05, 0.1) is 6.04 Å². The summed E-state index contributed by atoms with van der Waals surface area (Å²) in [6.07, 6.45) is 0.458. The number of hydrogen-bond donors (Lipinski definition) is 3. The van der Waals surface area contributed by atoms with Crippen molar-refractivity contribution in [2.75, 3.05) is 0 Å². The molecule has 0 radical (unpaired) electrons. The van der Waals surface area contributed by atoms with E-state index in [0.717, 1.165) is 5.56 Å². The number of rotatable bonds is 11. The van der Waals surface area contributed by atoms with Gasteiger partial charge in [-0.3, -0.25) is 14.4 Å². The van der Waals surface area contributed by atoms with Gasteiger partial charge in [0.15, 0.2) is 0 Å². The highest BCUT2D eigenvalue weighted by atomic mass is 16.5. The molecule has 0 aliphatic heterocycles. The van der Waals surface area contributed by atoms with Crippen molar-refractivity contribution in [1.82, 2.24) is 10.6 Å². The SMILES string of the molecule is CCCC(NC(=O)C(CC(C)C)NC(=O)OCc1ccccc1)C(=O)C(N)=O. The van der Waals surface area contributed by atoms with Crippen molar-refractivity contribution in [2.24, 2.45) is 11.7 Å². The van der Waals surface area contributed by atoms with Gasteiger partial charge < -0.3 is 21.1 Å². The van der Waals surface area contributed by atoms with E-state index in [2.05, 4.69) is 10.6 Å². The Balaban J connectivity index is 2.73. The first-order chi connectivity index (χ1) is 13.2. The molecular formula is C20H29N3O5. The van der Waals surface area contributed by atoms with Crippen LogP contribution in [-0.4, -0.2) is 35.8 Å². The van der Waals surface area contributed by atoms with Crippen LogP contribution in [0.25, 0.3) is 0 Å². The Morgan fingerprint density at radius 2 is 1.68 bits per heavy atom. The molecule has 1 aromatic carbocycles. The Kier molecular flexibility index (Phi) is 9.70. The standard InChI is InChI=1S/C20H29N3O5/c1-4-8-15(17(24)18(21)25)22-19(26)16(11-13(2)3)23-20(27)28-12-14-9-6-5-7-10-14/h5-7,9-10,13,15-16H,4,8,11-12H2,1-3H3,(H2,21,25)(H,22,26)(H,23,27). The molecule has 0 bridgehead atoms. The number of ether oxygens (including phenoxy) is 1. The maximum absolute atomic E-state index is 12.6. The molecule has 1 rings (SSSR count). The normalized spacial score (nSPS) is 12.7. The molecule has 2 unspecified atom stereocenters. The summed E-state index contributed by atoms with van der Waals surface area (Å²) in [5.74, 6) is -2.42. The maximum Gasteiger partial charge on any atom is 0.408 e. The van der Waals surface area contributed by atoms with Crippen molar-refractivity contribution < 1.29 is 23.9 Å². The Hall–Kier alpha value is -2.90. The molecule has 8 heteroatoms. The van der Waals surface area contributed by atoms with Crippen molar-refractivity contribution in [3.63, 3.8) is 0 Å². The van der Waals surface area contributed by atoms with Gasteiger partial charge >= 0.3 is 6.09 Å². The number of nitrogens with two attached hydrogens (primary N) is 1. The van der Waals surface area contributed by atoms with Gasteiger partial charge in [0.25, 0.3) is 5.91 Å². The first kappa shape index (κ1) is 23.1. The zero-order valence-electron chi connectivity index (χ0n) is 16.6. The summed E-state index contributed by atoms with van der Waals surface area (Å²) in [7, 11) is 0. The minimum Gasteiger partial charge on any atom is -0.445 e. The molecular weight excluding hydrogens is 362 g/mol. The average Bonchev–Trinajstić information content (AvgIpc) is 2.65. The van der Waals surface area contributed by atoms with Crippen LogP contribution in [0.5, 0.6) is 0 Å². The van der Waals surface area contributed by atoms with E-state index >= 15 is 0 Å². The summed E-state index contributed by atoms with van der Waals surface area (Å²) in [5.41, 5.74) is 5.86. The zero-order valence-corrected chi connectivity index (χ0v) is 16.6. The monoisotopic (exact) mass is 391 g/mol. The molecule has 0 spiro atoms. The Morgan fingerprint density at radius 1 is 1.04 bits per heavy atom. The average molecular weight is 391 g/mol. The molecule has 8 nitrogen and oxygen atoms in total. The molecule has 154 valence electrons. The Morgan fingerprint density at radius 3 is 2.21 bits per heavy atom. The van der Waals surface area contributed by atoms with Crippen LogP contribution in [0.3, 0.4) is 0 Å². The third-order valence-corrected chi connectivity index (χ3v) is 3.98. The molecule has 28 heavy (non-hydrogen) atoms. The minimum atomic E-state index is -1.10. The van der Waals surface area contributed by atoms with Crippen LogP contribution in [0.1, 0.15) is 45.6 Å². The van der Waals surface area contributed by atoms with Crippen LogP contribution in [0.2, 0.25) is 0 Å². The number of benzene rings is 1. The molecule has 2 atom stereocenters. The molecule has 0 saturated heterocycles. The number of hydrogen-bond acceptors (Lipinski definition) is 5. The maximum atomic E-state index is 12.6. The highest BCUT2D eigenvalue weighted by Gasteiger charge is 2.29. The van der Waals surface area contributed by atoms with E-state index in [4.69, 9.17) is 10.5 Å². The molecule has 0 aliphatic rings. The van der Waals surface area contributed by atoms with Gasteiger partial charge in [-0.15, -0.1) is 0 Å². The number of nitrogens with one attached hydrogen (secondary N) is 2. The molecule has 0 fully saturated rings. The molecule has 4 N–H and O–H groups in total. The Labute approximate surface area is 165 Å². The predicted molar refractivity (Wildman–Crippen MR) is 104 cm³/mol. The third kappa shape index (κ3) is 8.20. The van der Waals surface area contributed by atoms with E-state index in [1.165, 1.54) is 0 Å². The fourth-order valence-electron chi connectivity index (χ4n) is 2.61. The van der Waals surface area contributed by atoms with Crippen LogP contribution in [0.4, 0.5) is 4.79 Å². The summed E-state index contributed by atoms with van der Waals surface area (Å²) in [6.45, 7) is 5.68. The summed E-state index contributed by atoms with van der Waals surface area (Å²) in [6, 6.07) is 7.24. The lowest BCUT2D eigenvalue weighted by Crippen LogP contribution is -2.53. The van der Waals surface area contributed by atoms with Crippen LogP contribution in [-0.2, 0) is 25.7 Å². The lowest BCUT2D eigenvalue weighted by Gasteiger charge is -2.23. The van der Waals surface area contributed by atoms with E-state index in [9.17, 15) is 19.2 Å².